The molecule has 2 N–H and O–H groups in total. The molecule has 168 valence electrons. The lowest BCUT2D eigenvalue weighted by Crippen LogP contribution is -2.22. The van der Waals surface area contributed by atoms with Crippen molar-refractivity contribution in [1.82, 2.24) is 5.32 Å². The molecule has 4 aromatic rings. The van der Waals surface area contributed by atoms with Crippen LogP contribution in [-0.4, -0.2) is 23.6 Å². The molecule has 0 atom stereocenters. The van der Waals surface area contributed by atoms with Crippen molar-refractivity contribution < 1.29 is 23.8 Å². The first-order valence-corrected chi connectivity index (χ1v) is 10.9. The van der Waals surface area contributed by atoms with Gasteiger partial charge in [0.15, 0.2) is 0 Å². The molecule has 0 fully saturated rings. The molecule has 0 bridgehead atoms. The van der Waals surface area contributed by atoms with Crippen molar-refractivity contribution in [3.8, 4) is 17.1 Å². The number of furan rings is 1. The van der Waals surface area contributed by atoms with Crippen LogP contribution in [0.3, 0.4) is 0 Å². The summed E-state index contributed by atoms with van der Waals surface area (Å²) in [4.78, 5) is 23.3. The average molecular weight is 443 g/mol. The number of nitrogens with one attached hydrogen (secondary N) is 1. The number of ether oxygens (including phenoxy) is 1. The molecule has 0 aliphatic rings. The number of fused-ring (bicyclic) bond motifs is 1. The Hall–Kier alpha value is -4.06. The van der Waals surface area contributed by atoms with Crippen LogP contribution in [-0.2, 0) is 11.3 Å². The fourth-order valence-electron chi connectivity index (χ4n) is 3.55. The van der Waals surface area contributed by atoms with Crippen molar-refractivity contribution in [2.45, 2.75) is 25.8 Å². The summed E-state index contributed by atoms with van der Waals surface area (Å²) in [6, 6.07) is 24.6. The number of carboxylic acid groups (broad SMARTS) is 1. The Morgan fingerprint density at radius 1 is 0.909 bits per heavy atom. The summed E-state index contributed by atoms with van der Waals surface area (Å²) < 4.78 is 11.9. The van der Waals surface area contributed by atoms with Gasteiger partial charge in [-0.2, -0.15) is 0 Å². The van der Waals surface area contributed by atoms with Crippen LogP contribution in [0.25, 0.3) is 22.3 Å². The molecule has 1 heterocycles. The maximum atomic E-state index is 12.6. The van der Waals surface area contributed by atoms with E-state index >= 15 is 0 Å². The third-order valence-corrected chi connectivity index (χ3v) is 5.27. The predicted octanol–water partition coefficient (Wildman–Crippen LogP) is 5.66. The highest BCUT2D eigenvalue weighted by Crippen LogP contribution is 2.34. The molecule has 6 heteroatoms. The largest absolute Gasteiger partial charge is 0.493 e. The molecule has 6 nitrogen and oxygen atoms in total. The molecule has 0 unspecified atom stereocenters. The molecular formula is C27H25NO5. The van der Waals surface area contributed by atoms with E-state index in [0.717, 1.165) is 16.5 Å². The molecule has 1 aromatic heterocycles. The van der Waals surface area contributed by atoms with Gasteiger partial charge in [0.25, 0.3) is 5.91 Å². The lowest BCUT2D eigenvalue weighted by Gasteiger charge is -2.09. The summed E-state index contributed by atoms with van der Waals surface area (Å²) in [5, 5.41) is 12.5. The number of carboxylic acids is 1. The lowest BCUT2D eigenvalue weighted by atomic mass is 10.1. The molecular weight excluding hydrogens is 418 g/mol. The highest BCUT2D eigenvalue weighted by atomic mass is 16.5. The van der Waals surface area contributed by atoms with Gasteiger partial charge in [-0.3, -0.25) is 9.59 Å². The molecule has 0 aliphatic carbocycles. The number of hydrogen-bond donors (Lipinski definition) is 2. The number of amides is 1. The first-order valence-electron chi connectivity index (χ1n) is 10.9. The van der Waals surface area contributed by atoms with Gasteiger partial charge in [0.05, 0.1) is 12.2 Å². The molecule has 33 heavy (non-hydrogen) atoms. The van der Waals surface area contributed by atoms with Gasteiger partial charge in [0.2, 0.25) is 0 Å². The van der Waals surface area contributed by atoms with Crippen LogP contribution < -0.4 is 10.1 Å². The van der Waals surface area contributed by atoms with Gasteiger partial charge in [0, 0.05) is 23.9 Å². The van der Waals surface area contributed by atoms with Crippen LogP contribution in [0.1, 0.15) is 35.2 Å². The standard InChI is InChI=1S/C27H25NO5/c29-26(30)12-6-7-15-32-24-11-5-4-10-22(24)25-17-21-16-20(13-14-23(21)33-25)27(31)28-18-19-8-2-1-3-9-19/h1-5,8-11,13-14,16-17H,6-7,12,15,18H2,(H,28,31)(H,29,30). The summed E-state index contributed by atoms with van der Waals surface area (Å²) in [5.41, 5.74) is 3.09. The monoisotopic (exact) mass is 443 g/mol. The van der Waals surface area contributed by atoms with Crippen LogP contribution in [0.15, 0.2) is 83.3 Å². The third-order valence-electron chi connectivity index (χ3n) is 5.27. The normalized spacial score (nSPS) is 10.8. The Bertz CT molecular complexity index is 1250. The van der Waals surface area contributed by atoms with Crippen LogP contribution in [0, 0.1) is 0 Å². The SMILES string of the molecule is O=C(O)CCCCOc1ccccc1-c1cc2cc(C(=O)NCc3ccccc3)ccc2o1. The van der Waals surface area contributed by atoms with Gasteiger partial charge in [-0.1, -0.05) is 42.5 Å². The maximum Gasteiger partial charge on any atom is 0.303 e. The highest BCUT2D eigenvalue weighted by molar-refractivity contribution is 5.98. The second-order valence-corrected chi connectivity index (χ2v) is 7.73. The molecule has 0 saturated heterocycles. The molecule has 0 saturated carbocycles. The number of carbonyl (C=O) groups is 2. The van der Waals surface area contributed by atoms with Crippen molar-refractivity contribution in [2.75, 3.05) is 6.61 Å². The van der Waals surface area contributed by atoms with E-state index in [1.165, 1.54) is 0 Å². The molecule has 0 aliphatic heterocycles. The predicted molar refractivity (Wildman–Crippen MR) is 126 cm³/mol. The van der Waals surface area contributed by atoms with E-state index < -0.39 is 5.97 Å². The molecule has 0 spiro atoms. The zero-order valence-corrected chi connectivity index (χ0v) is 18.1. The van der Waals surface area contributed by atoms with E-state index in [9.17, 15) is 9.59 Å². The Balaban J connectivity index is 1.46. The van der Waals surface area contributed by atoms with E-state index in [4.69, 9.17) is 14.3 Å². The minimum Gasteiger partial charge on any atom is -0.493 e. The van der Waals surface area contributed by atoms with Gasteiger partial charge >= 0.3 is 5.97 Å². The van der Waals surface area contributed by atoms with Crippen molar-refractivity contribution >= 4 is 22.8 Å². The topological polar surface area (TPSA) is 88.8 Å². The zero-order chi connectivity index (χ0) is 23.0. The van der Waals surface area contributed by atoms with E-state index in [1.807, 2.05) is 66.7 Å². The second kappa shape index (κ2) is 10.5. The molecule has 3 aromatic carbocycles. The minimum atomic E-state index is -0.800. The molecule has 1 amide bonds. The summed E-state index contributed by atoms with van der Waals surface area (Å²) in [6.07, 6.45) is 1.36. The van der Waals surface area contributed by atoms with Crippen molar-refractivity contribution in [3.63, 3.8) is 0 Å². The van der Waals surface area contributed by atoms with Gasteiger partial charge in [-0.25, -0.2) is 0 Å². The van der Waals surface area contributed by atoms with Gasteiger partial charge < -0.3 is 19.6 Å². The number of unbranched alkanes of at least 4 members (excludes halogenated alkanes) is 1. The fourth-order valence-corrected chi connectivity index (χ4v) is 3.55. The van der Waals surface area contributed by atoms with E-state index in [1.54, 1.807) is 12.1 Å². The van der Waals surface area contributed by atoms with E-state index in [0.29, 0.717) is 48.6 Å². The fraction of sp³-hybridized carbons (Fsp3) is 0.185. The number of hydrogen-bond acceptors (Lipinski definition) is 4. The molecule has 4 rings (SSSR count). The van der Waals surface area contributed by atoms with Crippen molar-refractivity contribution in [1.29, 1.82) is 0 Å². The number of para-hydroxylation sites is 1. The van der Waals surface area contributed by atoms with Crippen LogP contribution in [0.4, 0.5) is 0 Å². The molecule has 0 radical (unpaired) electrons. The summed E-state index contributed by atoms with van der Waals surface area (Å²) in [7, 11) is 0. The summed E-state index contributed by atoms with van der Waals surface area (Å²) in [5.74, 6) is 0.375. The van der Waals surface area contributed by atoms with Gasteiger partial charge in [0.1, 0.15) is 17.1 Å². The van der Waals surface area contributed by atoms with Gasteiger partial charge in [-0.05, 0) is 54.8 Å². The summed E-state index contributed by atoms with van der Waals surface area (Å²) in [6.45, 7) is 0.891. The first-order chi connectivity index (χ1) is 16.1. The van der Waals surface area contributed by atoms with Crippen molar-refractivity contribution in [3.05, 3.63) is 90.0 Å². The van der Waals surface area contributed by atoms with E-state index in [-0.39, 0.29) is 12.3 Å². The lowest BCUT2D eigenvalue weighted by molar-refractivity contribution is -0.137. The smallest absolute Gasteiger partial charge is 0.303 e. The Kier molecular flexibility index (Phi) is 7.05. The maximum absolute atomic E-state index is 12.6. The highest BCUT2D eigenvalue weighted by Gasteiger charge is 2.14. The van der Waals surface area contributed by atoms with Crippen LogP contribution >= 0.6 is 0 Å². The first kappa shape index (κ1) is 22.1. The Morgan fingerprint density at radius 3 is 2.52 bits per heavy atom. The summed E-state index contributed by atoms with van der Waals surface area (Å²) >= 11 is 0. The number of benzene rings is 3. The van der Waals surface area contributed by atoms with Crippen LogP contribution in [0.2, 0.25) is 0 Å². The quantitative estimate of drug-likeness (QED) is 0.309. The number of aliphatic carboxylic acids is 1. The Labute approximate surface area is 191 Å². The number of carbonyl (C=O) groups excluding carboxylic acids is 1. The number of rotatable bonds is 10. The average Bonchev–Trinajstić information content (AvgIpc) is 3.26. The third kappa shape index (κ3) is 5.80. The Morgan fingerprint density at radius 2 is 1.70 bits per heavy atom. The van der Waals surface area contributed by atoms with Gasteiger partial charge in [-0.15, -0.1) is 0 Å². The zero-order valence-electron chi connectivity index (χ0n) is 18.1. The second-order valence-electron chi connectivity index (χ2n) is 7.73. The van der Waals surface area contributed by atoms with E-state index in [2.05, 4.69) is 5.32 Å². The van der Waals surface area contributed by atoms with Crippen molar-refractivity contribution in [2.24, 2.45) is 0 Å². The van der Waals surface area contributed by atoms with Crippen LogP contribution in [0.5, 0.6) is 5.75 Å². The minimum absolute atomic E-state index is 0.135.